The summed E-state index contributed by atoms with van der Waals surface area (Å²) in [6.07, 6.45) is 1.84. The Bertz CT molecular complexity index is 674. The fourth-order valence-electron chi connectivity index (χ4n) is 2.44. The summed E-state index contributed by atoms with van der Waals surface area (Å²) in [6, 6.07) is 25.3. The standard InChI is InChI=1S/C19H17N/c1-15(16-8-3-2-4-9-16)17-10-7-11-18(14-17)19-12-5-6-13-20-19/h2-15H,1H3. The van der Waals surface area contributed by atoms with E-state index in [1.165, 1.54) is 16.7 Å². The van der Waals surface area contributed by atoms with Gasteiger partial charge in [0.2, 0.25) is 0 Å². The lowest BCUT2D eigenvalue weighted by Crippen LogP contribution is -1.96. The molecule has 0 fully saturated rings. The molecule has 0 radical (unpaired) electrons. The van der Waals surface area contributed by atoms with Crippen LogP contribution in [0.3, 0.4) is 0 Å². The van der Waals surface area contributed by atoms with Crippen LogP contribution in [0.4, 0.5) is 0 Å². The molecule has 0 aliphatic carbocycles. The number of hydrogen-bond donors (Lipinski definition) is 0. The van der Waals surface area contributed by atoms with Crippen molar-refractivity contribution in [3.8, 4) is 11.3 Å². The van der Waals surface area contributed by atoms with Crippen LogP contribution in [0.1, 0.15) is 24.0 Å². The summed E-state index contributed by atoms with van der Waals surface area (Å²) in [4.78, 5) is 4.42. The van der Waals surface area contributed by atoms with Gasteiger partial charge in [0, 0.05) is 17.7 Å². The van der Waals surface area contributed by atoms with Gasteiger partial charge in [-0.15, -0.1) is 0 Å². The molecule has 1 heteroatoms. The first-order valence-electron chi connectivity index (χ1n) is 6.91. The third-order valence-corrected chi connectivity index (χ3v) is 3.65. The van der Waals surface area contributed by atoms with Crippen LogP contribution in [0.2, 0.25) is 0 Å². The molecule has 1 atom stereocenters. The van der Waals surface area contributed by atoms with Crippen LogP contribution in [-0.4, -0.2) is 4.98 Å². The van der Waals surface area contributed by atoms with Crippen molar-refractivity contribution in [3.63, 3.8) is 0 Å². The number of nitrogens with zero attached hydrogens (tertiary/aromatic N) is 1. The van der Waals surface area contributed by atoms with E-state index in [0.29, 0.717) is 5.92 Å². The second kappa shape index (κ2) is 5.70. The van der Waals surface area contributed by atoms with Gasteiger partial charge in [-0.2, -0.15) is 0 Å². The van der Waals surface area contributed by atoms with Crippen molar-refractivity contribution < 1.29 is 0 Å². The maximum atomic E-state index is 4.42. The molecule has 3 rings (SSSR count). The summed E-state index contributed by atoms with van der Waals surface area (Å²) in [7, 11) is 0. The maximum Gasteiger partial charge on any atom is 0.0702 e. The van der Waals surface area contributed by atoms with Gasteiger partial charge in [0.25, 0.3) is 0 Å². The van der Waals surface area contributed by atoms with E-state index in [1.807, 2.05) is 24.4 Å². The summed E-state index contributed by atoms with van der Waals surface area (Å²) in [5.74, 6) is 0.389. The molecule has 3 aromatic rings. The van der Waals surface area contributed by atoms with E-state index in [9.17, 15) is 0 Å². The fourth-order valence-corrected chi connectivity index (χ4v) is 2.44. The Hall–Kier alpha value is -2.41. The highest BCUT2D eigenvalue weighted by atomic mass is 14.7. The smallest absolute Gasteiger partial charge is 0.0702 e. The first-order valence-corrected chi connectivity index (χ1v) is 6.91. The molecule has 1 nitrogen and oxygen atoms in total. The van der Waals surface area contributed by atoms with Crippen molar-refractivity contribution >= 4 is 0 Å². The van der Waals surface area contributed by atoms with Gasteiger partial charge in [-0.1, -0.05) is 61.5 Å². The third-order valence-electron chi connectivity index (χ3n) is 3.65. The van der Waals surface area contributed by atoms with Gasteiger partial charge in [0.1, 0.15) is 0 Å². The van der Waals surface area contributed by atoms with E-state index < -0.39 is 0 Å². The number of rotatable bonds is 3. The zero-order chi connectivity index (χ0) is 13.8. The topological polar surface area (TPSA) is 12.9 Å². The first kappa shape index (κ1) is 12.6. The lowest BCUT2D eigenvalue weighted by atomic mass is 9.92. The van der Waals surface area contributed by atoms with E-state index in [0.717, 1.165) is 5.69 Å². The average molecular weight is 259 g/mol. The second-order valence-electron chi connectivity index (χ2n) is 4.97. The Kier molecular flexibility index (Phi) is 3.60. The minimum Gasteiger partial charge on any atom is -0.256 e. The molecular weight excluding hydrogens is 242 g/mol. The average Bonchev–Trinajstić information content (AvgIpc) is 2.56. The monoisotopic (exact) mass is 259 g/mol. The van der Waals surface area contributed by atoms with Gasteiger partial charge in [0.15, 0.2) is 0 Å². The van der Waals surface area contributed by atoms with E-state index >= 15 is 0 Å². The number of benzene rings is 2. The molecule has 0 amide bonds. The third kappa shape index (κ3) is 2.62. The van der Waals surface area contributed by atoms with Crippen molar-refractivity contribution in [1.29, 1.82) is 0 Å². The van der Waals surface area contributed by atoms with Crippen LogP contribution >= 0.6 is 0 Å². The van der Waals surface area contributed by atoms with Crippen molar-refractivity contribution in [2.75, 3.05) is 0 Å². The molecule has 1 unspecified atom stereocenters. The van der Waals surface area contributed by atoms with E-state index in [-0.39, 0.29) is 0 Å². The second-order valence-corrected chi connectivity index (χ2v) is 4.97. The largest absolute Gasteiger partial charge is 0.256 e. The molecule has 0 aliphatic heterocycles. The maximum absolute atomic E-state index is 4.42. The van der Waals surface area contributed by atoms with Crippen LogP contribution < -0.4 is 0 Å². The molecule has 1 heterocycles. The van der Waals surface area contributed by atoms with E-state index in [4.69, 9.17) is 0 Å². The highest BCUT2D eigenvalue weighted by Gasteiger charge is 2.09. The molecule has 0 bridgehead atoms. The molecule has 0 saturated carbocycles. The molecule has 0 N–H and O–H groups in total. The predicted octanol–water partition coefficient (Wildman–Crippen LogP) is 4.90. The van der Waals surface area contributed by atoms with Crippen LogP contribution in [0.15, 0.2) is 79.0 Å². The predicted molar refractivity (Wildman–Crippen MR) is 83.6 cm³/mol. The van der Waals surface area contributed by atoms with Crippen molar-refractivity contribution in [2.45, 2.75) is 12.8 Å². The Balaban J connectivity index is 1.96. The number of pyridine rings is 1. The summed E-state index contributed by atoms with van der Waals surface area (Å²) in [5.41, 5.74) is 4.85. The quantitative estimate of drug-likeness (QED) is 0.652. The van der Waals surface area contributed by atoms with Gasteiger partial charge in [-0.25, -0.2) is 0 Å². The van der Waals surface area contributed by atoms with E-state index in [1.54, 1.807) is 0 Å². The Morgan fingerprint density at radius 2 is 1.50 bits per heavy atom. The summed E-state index contributed by atoms with van der Waals surface area (Å²) in [6.45, 7) is 2.24. The normalized spacial score (nSPS) is 12.1. The van der Waals surface area contributed by atoms with Gasteiger partial charge >= 0.3 is 0 Å². The molecule has 1 aromatic heterocycles. The van der Waals surface area contributed by atoms with E-state index in [2.05, 4.69) is 66.5 Å². The van der Waals surface area contributed by atoms with Gasteiger partial charge < -0.3 is 0 Å². The van der Waals surface area contributed by atoms with Crippen molar-refractivity contribution in [1.82, 2.24) is 4.98 Å². The molecule has 0 spiro atoms. The SMILES string of the molecule is CC(c1ccccc1)c1cccc(-c2ccccn2)c1. The van der Waals surface area contributed by atoms with Crippen LogP contribution in [0.25, 0.3) is 11.3 Å². The number of hydrogen-bond acceptors (Lipinski definition) is 1. The van der Waals surface area contributed by atoms with Gasteiger partial charge in [-0.3, -0.25) is 4.98 Å². The Labute approximate surface area is 119 Å². The van der Waals surface area contributed by atoms with Crippen LogP contribution in [0, 0.1) is 0 Å². The minimum absolute atomic E-state index is 0.389. The molecule has 98 valence electrons. The molecule has 0 aliphatic rings. The van der Waals surface area contributed by atoms with Crippen molar-refractivity contribution in [3.05, 3.63) is 90.1 Å². The van der Waals surface area contributed by atoms with Crippen molar-refractivity contribution in [2.24, 2.45) is 0 Å². The molecule has 0 saturated heterocycles. The first-order chi connectivity index (χ1) is 9.84. The highest BCUT2D eigenvalue weighted by Crippen LogP contribution is 2.27. The number of aromatic nitrogens is 1. The molecular formula is C19H17N. The summed E-state index contributed by atoms with van der Waals surface area (Å²) in [5, 5.41) is 0. The highest BCUT2D eigenvalue weighted by molar-refractivity contribution is 5.60. The Morgan fingerprint density at radius 1 is 0.750 bits per heavy atom. The zero-order valence-corrected chi connectivity index (χ0v) is 11.5. The van der Waals surface area contributed by atoms with Crippen LogP contribution in [-0.2, 0) is 0 Å². The van der Waals surface area contributed by atoms with Gasteiger partial charge in [0.05, 0.1) is 5.69 Å². The summed E-state index contributed by atoms with van der Waals surface area (Å²) >= 11 is 0. The summed E-state index contributed by atoms with van der Waals surface area (Å²) < 4.78 is 0. The minimum atomic E-state index is 0.389. The zero-order valence-electron chi connectivity index (χ0n) is 11.5. The molecule has 2 aromatic carbocycles. The van der Waals surface area contributed by atoms with Crippen LogP contribution in [0.5, 0.6) is 0 Å². The lowest BCUT2D eigenvalue weighted by molar-refractivity contribution is 0.923. The lowest BCUT2D eigenvalue weighted by Gasteiger charge is -2.13. The molecule has 20 heavy (non-hydrogen) atoms. The van der Waals surface area contributed by atoms with Gasteiger partial charge in [-0.05, 0) is 29.3 Å². The fraction of sp³-hybridized carbons (Fsp3) is 0.105. The Morgan fingerprint density at radius 3 is 2.25 bits per heavy atom.